The van der Waals surface area contributed by atoms with E-state index in [4.69, 9.17) is 0 Å². The zero-order chi connectivity index (χ0) is 17.7. The first-order chi connectivity index (χ1) is 12.5. The molecule has 7 rings (SSSR count). The van der Waals surface area contributed by atoms with Crippen LogP contribution in [0.15, 0.2) is 12.2 Å². The number of allylic oxidation sites excluding steroid dienone is 2. The minimum Gasteiger partial charge on any atom is -0.550 e. The third-order valence-corrected chi connectivity index (χ3v) is 9.22. The number of hydrogen-bond acceptors (Lipinski definition) is 3. The molecule has 1 amide bonds. The molecule has 7 aliphatic rings. The molecule has 0 aromatic heterocycles. The Morgan fingerprint density at radius 1 is 0.923 bits per heavy atom. The number of rotatable bonds is 4. The van der Waals surface area contributed by atoms with E-state index in [-0.39, 0.29) is 23.2 Å². The van der Waals surface area contributed by atoms with Crippen LogP contribution in [0.4, 0.5) is 0 Å². The maximum atomic E-state index is 13.1. The average molecular weight is 354 g/mol. The van der Waals surface area contributed by atoms with Crippen molar-refractivity contribution in [1.82, 2.24) is 5.32 Å². The molecule has 0 unspecified atom stereocenters. The van der Waals surface area contributed by atoms with E-state index in [1.165, 1.54) is 38.5 Å². The van der Waals surface area contributed by atoms with Gasteiger partial charge in [0, 0.05) is 18.4 Å². The quantitative estimate of drug-likeness (QED) is 0.784. The molecule has 4 nitrogen and oxygen atoms in total. The van der Waals surface area contributed by atoms with Gasteiger partial charge in [0.1, 0.15) is 0 Å². The van der Waals surface area contributed by atoms with Crippen LogP contribution in [-0.2, 0) is 9.59 Å². The molecule has 0 aliphatic heterocycles. The number of carbonyl (C=O) groups is 2. The van der Waals surface area contributed by atoms with Crippen molar-refractivity contribution >= 4 is 11.9 Å². The van der Waals surface area contributed by atoms with Crippen LogP contribution in [0, 0.1) is 52.3 Å². The van der Waals surface area contributed by atoms with Gasteiger partial charge in [0.15, 0.2) is 0 Å². The smallest absolute Gasteiger partial charge is 0.224 e. The number of carbonyl (C=O) groups excluding carboxylic acids is 2. The first-order valence-electron chi connectivity index (χ1n) is 10.7. The second-order valence-electron chi connectivity index (χ2n) is 10.7. The zero-order valence-electron chi connectivity index (χ0n) is 15.3. The van der Waals surface area contributed by atoms with Crippen molar-refractivity contribution in [1.29, 1.82) is 0 Å². The van der Waals surface area contributed by atoms with Gasteiger partial charge in [-0.25, -0.2) is 0 Å². The largest absolute Gasteiger partial charge is 0.550 e. The lowest BCUT2D eigenvalue weighted by Crippen LogP contribution is -2.53. The number of carboxylic acids is 1. The van der Waals surface area contributed by atoms with E-state index in [0.29, 0.717) is 5.41 Å². The number of hydrogen-bond donors (Lipinski definition) is 1. The molecular formula is C22H28NO3-. The van der Waals surface area contributed by atoms with Gasteiger partial charge < -0.3 is 15.2 Å². The van der Waals surface area contributed by atoms with Crippen molar-refractivity contribution in [3.63, 3.8) is 0 Å². The highest BCUT2D eigenvalue weighted by atomic mass is 16.4. The van der Waals surface area contributed by atoms with Crippen LogP contribution in [0.2, 0.25) is 0 Å². The summed E-state index contributed by atoms with van der Waals surface area (Å²) in [7, 11) is 0. The van der Waals surface area contributed by atoms with Gasteiger partial charge in [-0.1, -0.05) is 12.2 Å². The van der Waals surface area contributed by atoms with E-state index in [1.54, 1.807) is 0 Å². The van der Waals surface area contributed by atoms with Gasteiger partial charge in [-0.2, -0.15) is 0 Å². The molecule has 7 aliphatic carbocycles. The molecule has 6 bridgehead atoms. The fraction of sp³-hybridized carbons (Fsp3) is 0.818. The Balaban J connectivity index is 1.20. The summed E-state index contributed by atoms with van der Waals surface area (Å²) < 4.78 is 0. The number of carboxylic acid groups (broad SMARTS) is 1. The topological polar surface area (TPSA) is 69.2 Å². The first kappa shape index (κ1) is 15.7. The van der Waals surface area contributed by atoms with Crippen LogP contribution in [0.25, 0.3) is 0 Å². The van der Waals surface area contributed by atoms with Crippen molar-refractivity contribution in [2.75, 3.05) is 6.54 Å². The van der Waals surface area contributed by atoms with Crippen LogP contribution < -0.4 is 10.4 Å². The highest BCUT2D eigenvalue weighted by Gasteiger charge is 2.68. The second-order valence-corrected chi connectivity index (χ2v) is 10.7. The van der Waals surface area contributed by atoms with Gasteiger partial charge in [-0.3, -0.25) is 4.79 Å². The van der Waals surface area contributed by atoms with E-state index in [0.717, 1.165) is 37.1 Å². The van der Waals surface area contributed by atoms with Gasteiger partial charge in [-0.15, -0.1) is 0 Å². The Labute approximate surface area is 154 Å². The van der Waals surface area contributed by atoms with E-state index >= 15 is 0 Å². The fourth-order valence-corrected chi connectivity index (χ4v) is 8.58. The number of aliphatic carboxylic acids is 1. The predicted octanol–water partition coefficient (Wildman–Crippen LogP) is 1.90. The highest BCUT2D eigenvalue weighted by Crippen LogP contribution is 2.72. The van der Waals surface area contributed by atoms with Crippen molar-refractivity contribution in [2.24, 2.45) is 52.3 Å². The molecule has 1 N–H and O–H groups in total. The van der Waals surface area contributed by atoms with Gasteiger partial charge in [0.25, 0.3) is 0 Å². The standard InChI is InChI=1S/C22H29NO3/c24-19(17-15-1-2-16(18(17)20(25)26)22(15)3-4-22)23-11-21-8-12-5-13(9-21)7-14(6-12)10-21/h1-2,12-18H,3-11H2,(H,23,24)(H,25,26)/p-1/t12?,13?,14?,15-,16+,17+,18-,21?/m0/s1. The summed E-state index contributed by atoms with van der Waals surface area (Å²) in [5.41, 5.74) is 0.375. The lowest BCUT2D eigenvalue weighted by atomic mass is 9.49. The third kappa shape index (κ3) is 1.96. The Hall–Kier alpha value is -1.32. The molecule has 4 atom stereocenters. The minimum atomic E-state index is -1.02. The van der Waals surface area contributed by atoms with Gasteiger partial charge in [-0.05, 0) is 91.8 Å². The van der Waals surface area contributed by atoms with Crippen LogP contribution in [0.5, 0.6) is 0 Å². The molecule has 26 heavy (non-hydrogen) atoms. The lowest BCUT2D eigenvalue weighted by molar-refractivity contribution is -0.313. The van der Waals surface area contributed by atoms with E-state index < -0.39 is 17.8 Å². The van der Waals surface area contributed by atoms with Crippen molar-refractivity contribution in [2.45, 2.75) is 51.4 Å². The Bertz CT molecular complexity index is 671. The fourth-order valence-electron chi connectivity index (χ4n) is 8.58. The molecule has 6 saturated carbocycles. The molecular weight excluding hydrogens is 326 g/mol. The number of nitrogens with one attached hydrogen (secondary N) is 1. The predicted molar refractivity (Wildman–Crippen MR) is 93.4 cm³/mol. The molecule has 4 heteroatoms. The van der Waals surface area contributed by atoms with Crippen LogP contribution in [0.3, 0.4) is 0 Å². The maximum Gasteiger partial charge on any atom is 0.224 e. The van der Waals surface area contributed by atoms with Crippen LogP contribution >= 0.6 is 0 Å². The summed E-state index contributed by atoms with van der Waals surface area (Å²) in [4.78, 5) is 24.9. The molecule has 0 aromatic carbocycles. The third-order valence-electron chi connectivity index (χ3n) is 9.22. The second kappa shape index (κ2) is 4.94. The molecule has 6 fully saturated rings. The molecule has 0 radical (unpaired) electrons. The van der Waals surface area contributed by atoms with Crippen LogP contribution in [-0.4, -0.2) is 18.4 Å². The van der Waals surface area contributed by atoms with Gasteiger partial charge >= 0.3 is 0 Å². The molecule has 0 heterocycles. The van der Waals surface area contributed by atoms with Crippen LogP contribution in [0.1, 0.15) is 51.4 Å². The Kier molecular flexibility index (Phi) is 2.98. The normalized spacial score (nSPS) is 51.2. The average Bonchev–Trinajstić information content (AvgIpc) is 3.24. The SMILES string of the molecule is O=C([O-])[C@@H]1[C@H](C(=O)NCC23CC4CC(CC(C4)C2)C3)[C@@H]2C=C[C@H]1C21CC1. The van der Waals surface area contributed by atoms with Crippen molar-refractivity contribution in [3.8, 4) is 0 Å². The molecule has 0 saturated heterocycles. The summed E-state index contributed by atoms with van der Waals surface area (Å²) in [5, 5.41) is 15.1. The molecule has 140 valence electrons. The minimum absolute atomic E-state index is 0.0157. The zero-order valence-corrected chi connectivity index (χ0v) is 15.3. The highest BCUT2D eigenvalue weighted by molar-refractivity contribution is 5.87. The van der Waals surface area contributed by atoms with E-state index in [2.05, 4.69) is 17.5 Å². The molecule has 1 spiro atoms. The Morgan fingerprint density at radius 3 is 1.96 bits per heavy atom. The van der Waals surface area contributed by atoms with E-state index in [9.17, 15) is 14.7 Å². The first-order valence-corrected chi connectivity index (χ1v) is 10.7. The summed E-state index contributed by atoms with van der Waals surface area (Å²) in [6.45, 7) is 0.764. The van der Waals surface area contributed by atoms with Crippen molar-refractivity contribution in [3.05, 3.63) is 12.2 Å². The Morgan fingerprint density at radius 2 is 1.46 bits per heavy atom. The summed E-state index contributed by atoms with van der Waals surface area (Å²) in [6.07, 6.45) is 14.3. The summed E-state index contributed by atoms with van der Waals surface area (Å²) >= 11 is 0. The lowest BCUT2D eigenvalue weighted by Gasteiger charge is -2.57. The summed E-state index contributed by atoms with van der Waals surface area (Å²) in [5.74, 6) is 0.675. The monoisotopic (exact) mass is 354 g/mol. The number of amides is 1. The van der Waals surface area contributed by atoms with Gasteiger partial charge in [0.05, 0.1) is 5.92 Å². The van der Waals surface area contributed by atoms with Crippen molar-refractivity contribution < 1.29 is 14.7 Å². The van der Waals surface area contributed by atoms with Gasteiger partial charge in [0.2, 0.25) is 5.91 Å². The summed E-state index contributed by atoms with van der Waals surface area (Å²) in [6, 6.07) is 0. The molecule has 0 aromatic rings. The van der Waals surface area contributed by atoms with E-state index in [1.807, 2.05) is 0 Å². The maximum absolute atomic E-state index is 13.1.